The first-order chi connectivity index (χ1) is 12.9. The van der Waals surface area contributed by atoms with Crippen molar-refractivity contribution in [1.82, 2.24) is 0 Å². The van der Waals surface area contributed by atoms with Crippen molar-refractivity contribution < 1.29 is 13.2 Å². The van der Waals surface area contributed by atoms with E-state index < -0.39 is 16.3 Å². The number of fused-ring (bicyclic) bond motifs is 1. The third kappa shape index (κ3) is 3.25. The molecule has 1 aliphatic rings. The minimum atomic E-state index is -3.92. The highest BCUT2D eigenvalue weighted by Crippen LogP contribution is 2.47. The van der Waals surface area contributed by atoms with Gasteiger partial charge in [-0.25, -0.2) is 12.7 Å². The molecule has 0 unspecified atom stereocenters. The van der Waals surface area contributed by atoms with Crippen molar-refractivity contribution in [2.24, 2.45) is 0 Å². The Labute approximate surface area is 171 Å². The molecule has 3 aromatic carbocycles. The SMILES string of the molecule is O=S(=O)(c1ccc(Cl)cc1)N1c2ccccc2O[C@H]1c1ccc(Cl)c(Cl)c1. The predicted molar refractivity (Wildman–Crippen MR) is 107 cm³/mol. The van der Waals surface area contributed by atoms with Gasteiger partial charge in [-0.3, -0.25) is 0 Å². The summed E-state index contributed by atoms with van der Waals surface area (Å²) in [4.78, 5) is 0.109. The molecular formula is C19H12Cl3NO3S. The lowest BCUT2D eigenvalue weighted by Gasteiger charge is -2.25. The predicted octanol–water partition coefficient (Wildman–Crippen LogP) is 5.93. The summed E-state index contributed by atoms with van der Waals surface area (Å²) >= 11 is 18.0. The lowest BCUT2D eigenvalue weighted by Crippen LogP contribution is -2.33. The maximum absolute atomic E-state index is 13.4. The third-order valence-corrected chi connectivity index (χ3v) is 6.92. The molecule has 4 rings (SSSR count). The van der Waals surface area contributed by atoms with Crippen LogP contribution in [0.1, 0.15) is 11.8 Å². The molecule has 0 fully saturated rings. The van der Waals surface area contributed by atoms with Gasteiger partial charge in [0, 0.05) is 10.6 Å². The first-order valence-electron chi connectivity index (χ1n) is 7.88. The van der Waals surface area contributed by atoms with Crippen molar-refractivity contribution in [2.75, 3.05) is 4.31 Å². The number of hydrogen-bond donors (Lipinski definition) is 0. The molecule has 0 spiro atoms. The maximum Gasteiger partial charge on any atom is 0.267 e. The number of para-hydroxylation sites is 2. The van der Waals surface area contributed by atoms with E-state index in [1.165, 1.54) is 28.6 Å². The summed E-state index contributed by atoms with van der Waals surface area (Å²) in [5.41, 5.74) is 1.02. The van der Waals surface area contributed by atoms with E-state index in [0.29, 0.717) is 32.1 Å². The molecule has 1 heterocycles. The average Bonchev–Trinajstić information content (AvgIpc) is 3.04. The summed E-state index contributed by atoms with van der Waals surface area (Å²) in [6.45, 7) is 0. The zero-order chi connectivity index (χ0) is 19.2. The van der Waals surface area contributed by atoms with Gasteiger partial charge in [0.15, 0.2) is 0 Å². The Hall–Kier alpha value is -1.92. The van der Waals surface area contributed by atoms with Gasteiger partial charge < -0.3 is 4.74 Å². The first-order valence-corrected chi connectivity index (χ1v) is 10.5. The van der Waals surface area contributed by atoms with E-state index >= 15 is 0 Å². The van der Waals surface area contributed by atoms with Crippen LogP contribution >= 0.6 is 34.8 Å². The first kappa shape index (κ1) is 18.4. The quantitative estimate of drug-likeness (QED) is 0.507. The largest absolute Gasteiger partial charge is 0.463 e. The Bertz CT molecular complexity index is 1120. The highest BCUT2D eigenvalue weighted by Gasteiger charge is 2.41. The summed E-state index contributed by atoms with van der Waals surface area (Å²) in [6.07, 6.45) is -0.905. The van der Waals surface area contributed by atoms with Gasteiger partial charge in [-0.05, 0) is 48.5 Å². The molecule has 0 bridgehead atoms. The summed E-state index contributed by atoms with van der Waals surface area (Å²) in [6, 6.07) is 17.8. The van der Waals surface area contributed by atoms with E-state index in [1.807, 2.05) is 0 Å². The Morgan fingerprint density at radius 1 is 0.852 bits per heavy atom. The van der Waals surface area contributed by atoms with Crippen molar-refractivity contribution in [3.05, 3.63) is 87.4 Å². The zero-order valence-corrected chi connectivity index (χ0v) is 16.7. The smallest absolute Gasteiger partial charge is 0.267 e. The molecule has 8 heteroatoms. The number of halogens is 3. The van der Waals surface area contributed by atoms with Crippen LogP contribution in [0.15, 0.2) is 71.6 Å². The van der Waals surface area contributed by atoms with Crippen LogP contribution in [0.4, 0.5) is 5.69 Å². The van der Waals surface area contributed by atoms with Crippen molar-refractivity contribution in [3.8, 4) is 5.75 Å². The number of ether oxygens (including phenoxy) is 1. The van der Waals surface area contributed by atoms with E-state index in [0.717, 1.165) is 0 Å². The second kappa shape index (κ2) is 6.91. The third-order valence-electron chi connectivity index (χ3n) is 4.15. The highest BCUT2D eigenvalue weighted by molar-refractivity contribution is 7.92. The van der Waals surface area contributed by atoms with Crippen LogP contribution < -0.4 is 9.04 Å². The Balaban J connectivity index is 1.87. The number of hydrogen-bond acceptors (Lipinski definition) is 3. The molecule has 27 heavy (non-hydrogen) atoms. The number of anilines is 1. The van der Waals surface area contributed by atoms with Crippen LogP contribution in [0, 0.1) is 0 Å². The van der Waals surface area contributed by atoms with Crippen LogP contribution in [0.5, 0.6) is 5.75 Å². The zero-order valence-electron chi connectivity index (χ0n) is 13.6. The Morgan fingerprint density at radius 3 is 2.26 bits per heavy atom. The van der Waals surface area contributed by atoms with Crippen LogP contribution in [-0.2, 0) is 10.0 Å². The lowest BCUT2D eigenvalue weighted by atomic mass is 10.2. The molecule has 0 aliphatic carbocycles. The molecule has 1 atom stereocenters. The van der Waals surface area contributed by atoms with E-state index in [2.05, 4.69) is 0 Å². The van der Waals surface area contributed by atoms with Gasteiger partial charge in [-0.15, -0.1) is 0 Å². The topological polar surface area (TPSA) is 46.6 Å². The lowest BCUT2D eigenvalue weighted by molar-refractivity contribution is 0.245. The number of sulfonamides is 1. The second-order valence-corrected chi connectivity index (χ2v) is 8.93. The van der Waals surface area contributed by atoms with Gasteiger partial charge in [-0.2, -0.15) is 0 Å². The monoisotopic (exact) mass is 439 g/mol. The molecule has 0 saturated heterocycles. The van der Waals surface area contributed by atoms with Gasteiger partial charge in [0.2, 0.25) is 6.23 Å². The molecule has 0 aromatic heterocycles. The van der Waals surface area contributed by atoms with Crippen molar-refractivity contribution in [3.63, 3.8) is 0 Å². The van der Waals surface area contributed by atoms with Gasteiger partial charge in [0.1, 0.15) is 5.75 Å². The summed E-state index contributed by atoms with van der Waals surface area (Å²) in [5, 5.41) is 1.15. The molecule has 1 aliphatic heterocycles. The highest BCUT2D eigenvalue weighted by atomic mass is 35.5. The van der Waals surface area contributed by atoms with Crippen LogP contribution in [0.3, 0.4) is 0 Å². The molecular weight excluding hydrogens is 429 g/mol. The van der Waals surface area contributed by atoms with E-state index in [-0.39, 0.29) is 4.90 Å². The second-order valence-electron chi connectivity index (χ2n) is 5.87. The van der Waals surface area contributed by atoms with E-state index in [1.54, 1.807) is 42.5 Å². The summed E-state index contributed by atoms with van der Waals surface area (Å²) in [7, 11) is -3.92. The molecule has 0 N–H and O–H groups in total. The fourth-order valence-electron chi connectivity index (χ4n) is 2.88. The van der Waals surface area contributed by atoms with Crippen molar-refractivity contribution >= 4 is 50.5 Å². The molecule has 3 aromatic rings. The number of benzene rings is 3. The Kier molecular flexibility index (Phi) is 4.72. The molecule has 0 saturated carbocycles. The average molecular weight is 441 g/mol. The van der Waals surface area contributed by atoms with Crippen LogP contribution in [-0.4, -0.2) is 8.42 Å². The van der Waals surface area contributed by atoms with Gasteiger partial charge in [0.05, 0.1) is 20.6 Å². The number of rotatable bonds is 3. The van der Waals surface area contributed by atoms with Gasteiger partial charge in [0.25, 0.3) is 10.0 Å². The molecule has 4 nitrogen and oxygen atoms in total. The fourth-order valence-corrected chi connectivity index (χ4v) is 4.84. The van der Waals surface area contributed by atoms with Gasteiger partial charge >= 0.3 is 0 Å². The molecule has 138 valence electrons. The van der Waals surface area contributed by atoms with Gasteiger partial charge in [-0.1, -0.05) is 53.0 Å². The minimum absolute atomic E-state index is 0.109. The summed E-state index contributed by atoms with van der Waals surface area (Å²) in [5.74, 6) is 0.464. The van der Waals surface area contributed by atoms with Crippen LogP contribution in [0.25, 0.3) is 0 Å². The van der Waals surface area contributed by atoms with E-state index in [9.17, 15) is 8.42 Å². The number of nitrogens with zero attached hydrogens (tertiary/aromatic N) is 1. The minimum Gasteiger partial charge on any atom is -0.463 e. The molecule has 0 radical (unpaired) electrons. The van der Waals surface area contributed by atoms with E-state index in [4.69, 9.17) is 39.5 Å². The van der Waals surface area contributed by atoms with Crippen LogP contribution in [0.2, 0.25) is 15.1 Å². The van der Waals surface area contributed by atoms with Crippen molar-refractivity contribution in [1.29, 1.82) is 0 Å². The maximum atomic E-state index is 13.4. The fraction of sp³-hybridized carbons (Fsp3) is 0.0526. The normalized spacial score (nSPS) is 16.1. The standard InChI is InChI=1S/C19H12Cl3NO3S/c20-13-6-8-14(9-7-13)27(24,25)23-17-3-1-2-4-18(17)26-19(23)12-5-10-15(21)16(22)11-12/h1-11,19H/t19-/m0/s1. The summed E-state index contributed by atoms with van der Waals surface area (Å²) < 4.78 is 34.0. The Morgan fingerprint density at radius 2 is 1.56 bits per heavy atom. The molecule has 0 amide bonds. The van der Waals surface area contributed by atoms with Crippen molar-refractivity contribution in [2.45, 2.75) is 11.1 Å².